The minimum absolute atomic E-state index is 0.118. The fourth-order valence-corrected chi connectivity index (χ4v) is 9.90. The number of aromatic nitrogens is 1. The van der Waals surface area contributed by atoms with Gasteiger partial charge < -0.3 is 24.9 Å². The zero-order valence-corrected chi connectivity index (χ0v) is 33.9. The van der Waals surface area contributed by atoms with Crippen LogP contribution in [0.1, 0.15) is 78.3 Å². The molecule has 2 aromatic carbocycles. The maximum absolute atomic E-state index is 13.5. The number of hydrogen-bond donors (Lipinski definition) is 2. The summed E-state index contributed by atoms with van der Waals surface area (Å²) >= 11 is 6.38. The summed E-state index contributed by atoms with van der Waals surface area (Å²) in [6, 6.07) is 19.4. The van der Waals surface area contributed by atoms with Crippen LogP contribution >= 0.6 is 11.6 Å². The zero-order valence-electron chi connectivity index (χ0n) is 33.2. The molecule has 0 bridgehead atoms. The summed E-state index contributed by atoms with van der Waals surface area (Å²) in [6.07, 6.45) is 7.58. The number of hydrogen-bond acceptors (Lipinski definition) is 10. The highest BCUT2D eigenvalue weighted by molar-refractivity contribution is 6.32. The molecule has 14 heteroatoms. The highest BCUT2D eigenvalue weighted by Gasteiger charge is 2.44. The van der Waals surface area contributed by atoms with Crippen LogP contribution in [-0.2, 0) is 9.59 Å². The van der Waals surface area contributed by atoms with E-state index in [1.54, 1.807) is 12.3 Å². The van der Waals surface area contributed by atoms with Gasteiger partial charge in [-0.1, -0.05) is 11.6 Å². The van der Waals surface area contributed by atoms with Gasteiger partial charge in [-0.15, -0.1) is 0 Å². The van der Waals surface area contributed by atoms with E-state index < -0.39 is 17.9 Å². The molecule has 6 heterocycles. The number of piperidine rings is 3. The van der Waals surface area contributed by atoms with Crippen LogP contribution in [0.5, 0.6) is 0 Å². The van der Waals surface area contributed by atoms with Gasteiger partial charge in [-0.3, -0.25) is 29.4 Å². The summed E-state index contributed by atoms with van der Waals surface area (Å²) < 4.78 is 0. The minimum Gasteiger partial charge on any atom is -0.371 e. The number of pyridine rings is 1. The Morgan fingerprint density at radius 3 is 2.24 bits per heavy atom. The number of likely N-dealkylation sites (tertiary alicyclic amines) is 1. The van der Waals surface area contributed by atoms with Gasteiger partial charge in [-0.05, 0) is 111 Å². The largest absolute Gasteiger partial charge is 0.371 e. The quantitative estimate of drug-likeness (QED) is 0.308. The highest BCUT2D eigenvalue weighted by Crippen LogP contribution is 2.46. The molecule has 3 aromatic rings. The van der Waals surface area contributed by atoms with Crippen molar-refractivity contribution < 1.29 is 19.2 Å². The van der Waals surface area contributed by atoms with Gasteiger partial charge in [0.15, 0.2) is 0 Å². The Hall–Kier alpha value is -5.19. The normalized spacial score (nSPS) is 22.8. The third-order valence-electron chi connectivity index (χ3n) is 13.2. The number of nitriles is 1. The lowest BCUT2D eigenvalue weighted by Gasteiger charge is -2.40. The van der Waals surface area contributed by atoms with Gasteiger partial charge >= 0.3 is 0 Å². The van der Waals surface area contributed by atoms with Crippen LogP contribution in [-0.4, -0.2) is 116 Å². The smallest absolute Gasteiger partial charge is 0.270 e. The van der Waals surface area contributed by atoms with Crippen molar-refractivity contribution in [3.63, 3.8) is 0 Å². The zero-order chi connectivity index (χ0) is 40.4. The summed E-state index contributed by atoms with van der Waals surface area (Å²) in [5, 5.41) is 14.7. The van der Waals surface area contributed by atoms with Gasteiger partial charge in [0.1, 0.15) is 17.8 Å². The SMILES string of the molecule is C[C@@H]1CC2(CCN(c3ccc(C(=O)N4CCC(CN5CCN(c6ccc(C(=O)N[C@@H]7CCC(=O)NC7=O)nc6)CC5)CC4)cc3)CC2)CN1c1ccc(C#N)c(Cl)c1. The van der Waals surface area contributed by atoms with Crippen LogP contribution in [0.2, 0.25) is 5.02 Å². The topological polar surface area (TPSA) is 145 Å². The van der Waals surface area contributed by atoms with Crippen molar-refractivity contribution in [2.75, 3.05) is 80.1 Å². The van der Waals surface area contributed by atoms with Crippen molar-refractivity contribution in [3.05, 3.63) is 82.6 Å². The minimum atomic E-state index is -0.732. The second kappa shape index (κ2) is 17.0. The summed E-state index contributed by atoms with van der Waals surface area (Å²) in [4.78, 5) is 65.7. The van der Waals surface area contributed by atoms with Crippen LogP contribution in [0.3, 0.4) is 0 Å². The molecule has 2 N–H and O–H groups in total. The first-order chi connectivity index (χ1) is 28.1. The van der Waals surface area contributed by atoms with Gasteiger partial charge in [-0.25, -0.2) is 4.98 Å². The van der Waals surface area contributed by atoms with E-state index in [9.17, 15) is 24.4 Å². The molecule has 5 fully saturated rings. The van der Waals surface area contributed by atoms with Crippen molar-refractivity contribution in [2.45, 2.75) is 64.0 Å². The second-order valence-corrected chi connectivity index (χ2v) is 17.3. The molecule has 1 aromatic heterocycles. The van der Waals surface area contributed by atoms with Crippen LogP contribution in [0.25, 0.3) is 0 Å². The summed E-state index contributed by atoms with van der Waals surface area (Å²) in [5.74, 6) is -0.561. The monoisotopic (exact) mass is 805 g/mol. The predicted octanol–water partition coefficient (Wildman–Crippen LogP) is 4.70. The van der Waals surface area contributed by atoms with E-state index in [0.717, 1.165) is 114 Å². The first-order valence-corrected chi connectivity index (χ1v) is 21.1. The Morgan fingerprint density at radius 1 is 0.897 bits per heavy atom. The molecule has 2 atom stereocenters. The molecule has 0 aliphatic carbocycles. The lowest BCUT2D eigenvalue weighted by atomic mass is 9.76. The van der Waals surface area contributed by atoms with E-state index in [2.05, 4.69) is 60.3 Å². The molecule has 0 saturated carbocycles. The van der Waals surface area contributed by atoms with E-state index in [-0.39, 0.29) is 35.8 Å². The highest BCUT2D eigenvalue weighted by atomic mass is 35.5. The van der Waals surface area contributed by atoms with Crippen LogP contribution < -0.4 is 25.3 Å². The number of carbonyl (C=O) groups excluding carboxylic acids is 4. The van der Waals surface area contributed by atoms with Crippen molar-refractivity contribution in [1.29, 1.82) is 5.26 Å². The second-order valence-electron chi connectivity index (χ2n) is 16.9. The standard InChI is InChI=1S/C44H52ClN9O4/c1-30-25-44(29-54(30)35-7-4-33(26-46)37(45)24-35)14-18-51(19-15-44)34-5-2-32(3-6-34)43(58)53-16-12-31(13-17-53)28-50-20-22-52(23-21-50)36-8-9-38(47-27-36)41(56)48-39-10-11-40(55)49-42(39)57/h2-9,24,27,30-31,39H,10-23,25,28-29H2,1H3,(H,48,56)(H,49,55,57)/t30-,39-/m1/s1. The molecule has 58 heavy (non-hydrogen) atoms. The molecule has 5 aliphatic rings. The number of carbonyl (C=O) groups is 4. The Morgan fingerprint density at radius 2 is 1.59 bits per heavy atom. The molecule has 5 saturated heterocycles. The number of benzene rings is 2. The van der Waals surface area contributed by atoms with E-state index in [4.69, 9.17) is 11.6 Å². The van der Waals surface area contributed by atoms with E-state index in [0.29, 0.717) is 22.5 Å². The van der Waals surface area contributed by atoms with E-state index in [1.807, 2.05) is 41.3 Å². The Labute approximate surface area is 345 Å². The molecular weight excluding hydrogens is 754 g/mol. The van der Waals surface area contributed by atoms with Gasteiger partial charge in [0.25, 0.3) is 11.8 Å². The Bertz CT molecular complexity index is 2050. The summed E-state index contributed by atoms with van der Waals surface area (Å²) in [7, 11) is 0. The lowest BCUT2D eigenvalue weighted by Crippen LogP contribution is -2.52. The van der Waals surface area contributed by atoms with Gasteiger partial charge in [0.05, 0.1) is 22.5 Å². The van der Waals surface area contributed by atoms with Crippen molar-refractivity contribution >= 4 is 52.3 Å². The number of rotatable bonds is 8. The molecule has 0 radical (unpaired) electrons. The number of piperazine rings is 1. The molecule has 13 nitrogen and oxygen atoms in total. The molecule has 8 rings (SSSR count). The number of nitrogens with one attached hydrogen (secondary N) is 2. The van der Waals surface area contributed by atoms with Gasteiger partial charge in [0.2, 0.25) is 11.8 Å². The number of nitrogens with zero attached hydrogens (tertiary/aromatic N) is 7. The van der Waals surface area contributed by atoms with E-state index in [1.165, 1.54) is 5.69 Å². The van der Waals surface area contributed by atoms with Crippen molar-refractivity contribution in [2.24, 2.45) is 11.3 Å². The van der Waals surface area contributed by atoms with Crippen LogP contribution in [0.15, 0.2) is 60.8 Å². The third kappa shape index (κ3) is 8.64. The molecular formula is C44H52ClN9O4. The molecule has 0 unspecified atom stereocenters. The first-order valence-electron chi connectivity index (χ1n) is 20.7. The maximum Gasteiger partial charge on any atom is 0.270 e. The average Bonchev–Trinajstić information content (AvgIpc) is 3.57. The molecule has 5 aliphatic heterocycles. The number of halogens is 1. The fraction of sp³-hybridized carbons (Fsp3) is 0.500. The Balaban J connectivity index is 0.749. The van der Waals surface area contributed by atoms with Crippen molar-refractivity contribution in [3.8, 4) is 6.07 Å². The summed E-state index contributed by atoms with van der Waals surface area (Å²) in [6.45, 7) is 11.5. The van der Waals surface area contributed by atoms with Crippen LogP contribution in [0.4, 0.5) is 17.1 Å². The first kappa shape index (κ1) is 39.6. The fourth-order valence-electron chi connectivity index (χ4n) is 9.68. The van der Waals surface area contributed by atoms with Crippen molar-refractivity contribution in [1.82, 2.24) is 25.4 Å². The molecule has 4 amide bonds. The lowest BCUT2D eigenvalue weighted by molar-refractivity contribution is -0.134. The summed E-state index contributed by atoms with van der Waals surface area (Å²) in [5.41, 5.74) is 5.00. The molecule has 304 valence electrons. The predicted molar refractivity (Wildman–Crippen MR) is 223 cm³/mol. The molecule has 1 spiro atoms. The van der Waals surface area contributed by atoms with Crippen LogP contribution in [0, 0.1) is 22.7 Å². The average molecular weight is 806 g/mol. The Kier molecular flexibility index (Phi) is 11.6. The van der Waals surface area contributed by atoms with Gasteiger partial charge in [-0.2, -0.15) is 5.26 Å². The third-order valence-corrected chi connectivity index (χ3v) is 13.5. The van der Waals surface area contributed by atoms with E-state index >= 15 is 0 Å². The number of imide groups is 1. The number of anilines is 3. The maximum atomic E-state index is 13.5. The number of amides is 4. The van der Waals surface area contributed by atoms with Gasteiger partial charge in [0, 0.05) is 94.8 Å².